The summed E-state index contributed by atoms with van der Waals surface area (Å²) in [6, 6.07) is 23.0. The summed E-state index contributed by atoms with van der Waals surface area (Å²) in [5, 5.41) is 4.51. The van der Waals surface area contributed by atoms with Gasteiger partial charge in [-0.15, -0.1) is 13.2 Å². The highest BCUT2D eigenvalue weighted by Gasteiger charge is 2.31. The number of halogens is 3. The highest BCUT2D eigenvalue weighted by atomic mass is 19.4. The van der Waals surface area contributed by atoms with E-state index in [1.807, 2.05) is 54.6 Å². The molecule has 4 rings (SSSR count). The molecular weight excluding hydrogens is 585 g/mol. The molecule has 3 aromatic carbocycles. The Labute approximate surface area is 262 Å². The van der Waals surface area contributed by atoms with Gasteiger partial charge in [-0.25, -0.2) is 10.2 Å². The summed E-state index contributed by atoms with van der Waals surface area (Å²) in [5.74, 6) is -0.330. The Morgan fingerprint density at radius 2 is 1.62 bits per heavy atom. The van der Waals surface area contributed by atoms with Crippen LogP contribution in [0.1, 0.15) is 51.0 Å². The lowest BCUT2D eigenvalue weighted by Gasteiger charge is -2.32. The van der Waals surface area contributed by atoms with Crippen molar-refractivity contribution in [3.05, 3.63) is 84.4 Å². The van der Waals surface area contributed by atoms with Crippen LogP contribution in [0.25, 0.3) is 11.1 Å². The van der Waals surface area contributed by atoms with Crippen molar-refractivity contribution in [2.24, 2.45) is 0 Å². The molecule has 0 radical (unpaired) electrons. The average molecular weight is 627 g/mol. The zero-order chi connectivity index (χ0) is 32.1. The van der Waals surface area contributed by atoms with Gasteiger partial charge in [-0.3, -0.25) is 15.1 Å². The maximum Gasteiger partial charge on any atom is 0.573 e. The van der Waals surface area contributed by atoms with E-state index in [-0.39, 0.29) is 17.8 Å². The van der Waals surface area contributed by atoms with Gasteiger partial charge in [0.05, 0.1) is 5.69 Å². The predicted molar refractivity (Wildman–Crippen MR) is 167 cm³/mol. The molecule has 1 heterocycles. The van der Waals surface area contributed by atoms with Crippen LogP contribution >= 0.6 is 0 Å². The van der Waals surface area contributed by atoms with Crippen molar-refractivity contribution in [3.63, 3.8) is 0 Å². The van der Waals surface area contributed by atoms with E-state index in [0.29, 0.717) is 57.7 Å². The first-order valence-corrected chi connectivity index (χ1v) is 15.4. The summed E-state index contributed by atoms with van der Waals surface area (Å²) in [4.78, 5) is 28.1. The van der Waals surface area contributed by atoms with E-state index in [0.717, 1.165) is 36.0 Å². The molecule has 0 unspecified atom stereocenters. The van der Waals surface area contributed by atoms with Gasteiger partial charge in [0.2, 0.25) is 5.91 Å². The zero-order valence-corrected chi connectivity index (χ0v) is 25.5. The fraction of sp³-hybridized carbons (Fsp3) is 0.412. The number of rotatable bonds is 14. The van der Waals surface area contributed by atoms with E-state index in [1.54, 1.807) is 5.01 Å². The van der Waals surface area contributed by atoms with Crippen molar-refractivity contribution in [1.82, 2.24) is 15.3 Å². The number of ether oxygens (including phenoxy) is 2. The number of piperidine rings is 1. The first kappa shape index (κ1) is 33.8. The molecule has 0 spiro atoms. The number of likely N-dealkylation sites (tertiary alicyclic amines) is 1. The number of hydrazine groups is 1. The van der Waals surface area contributed by atoms with Crippen LogP contribution in [0.15, 0.2) is 78.9 Å². The van der Waals surface area contributed by atoms with Crippen LogP contribution in [0.3, 0.4) is 0 Å². The lowest BCUT2D eigenvalue weighted by atomic mass is 10.0. The van der Waals surface area contributed by atoms with E-state index in [9.17, 15) is 22.8 Å². The Kier molecular flexibility index (Phi) is 12.6. The third kappa shape index (κ3) is 11.4. The van der Waals surface area contributed by atoms with Gasteiger partial charge in [0.1, 0.15) is 11.9 Å². The molecule has 11 heteroatoms. The van der Waals surface area contributed by atoms with Gasteiger partial charge < -0.3 is 14.4 Å². The van der Waals surface area contributed by atoms with E-state index in [1.165, 1.54) is 24.3 Å². The number of anilines is 1. The van der Waals surface area contributed by atoms with Gasteiger partial charge in [0, 0.05) is 44.7 Å². The highest BCUT2D eigenvalue weighted by molar-refractivity contribution is 5.91. The first-order valence-electron chi connectivity index (χ1n) is 15.4. The number of carbonyl (C=O) groups excluding carboxylic acids is 2. The largest absolute Gasteiger partial charge is 0.573 e. The Morgan fingerprint density at radius 3 is 2.31 bits per heavy atom. The van der Waals surface area contributed by atoms with Crippen LogP contribution in [0.2, 0.25) is 0 Å². The molecule has 1 saturated heterocycles. The number of hydrogen-bond donors (Lipinski definition) is 2. The van der Waals surface area contributed by atoms with Gasteiger partial charge in [-0.1, -0.05) is 80.4 Å². The lowest BCUT2D eigenvalue weighted by Crippen LogP contribution is -2.45. The summed E-state index contributed by atoms with van der Waals surface area (Å²) in [6.07, 6.45) is -0.930. The van der Waals surface area contributed by atoms with Crippen LogP contribution in [-0.4, -0.2) is 60.6 Å². The van der Waals surface area contributed by atoms with Gasteiger partial charge in [-0.05, 0) is 48.6 Å². The van der Waals surface area contributed by atoms with Crippen LogP contribution < -0.4 is 15.5 Å². The summed E-state index contributed by atoms with van der Waals surface area (Å²) in [5.41, 5.74) is 6.49. The number of benzene rings is 3. The Balaban J connectivity index is 1.21. The van der Waals surface area contributed by atoms with E-state index >= 15 is 0 Å². The topological polar surface area (TPSA) is 83.1 Å². The maximum absolute atomic E-state index is 13.1. The molecule has 0 aliphatic carbocycles. The number of unbranched alkanes of at least 4 members (excludes halogenated alkanes) is 2. The fourth-order valence-electron chi connectivity index (χ4n) is 5.20. The highest BCUT2D eigenvalue weighted by Crippen LogP contribution is 2.28. The molecule has 1 fully saturated rings. The molecule has 0 saturated carbocycles. The third-order valence-corrected chi connectivity index (χ3v) is 7.62. The summed E-state index contributed by atoms with van der Waals surface area (Å²) in [6.45, 7) is 4.93. The minimum absolute atomic E-state index is 0.0436. The molecule has 242 valence electrons. The second kappa shape index (κ2) is 16.8. The van der Waals surface area contributed by atoms with Gasteiger partial charge in [0.15, 0.2) is 0 Å². The minimum Gasteiger partial charge on any atom is -0.446 e. The molecule has 0 bridgehead atoms. The summed E-state index contributed by atoms with van der Waals surface area (Å²) >= 11 is 0. The second-order valence-corrected chi connectivity index (χ2v) is 11.0. The van der Waals surface area contributed by atoms with Crippen molar-refractivity contribution in [3.8, 4) is 16.9 Å². The monoisotopic (exact) mass is 626 g/mol. The van der Waals surface area contributed by atoms with Crippen LogP contribution in [0.5, 0.6) is 5.75 Å². The number of para-hydroxylation sites is 1. The van der Waals surface area contributed by atoms with Crippen molar-refractivity contribution >= 4 is 17.7 Å². The lowest BCUT2D eigenvalue weighted by molar-refractivity contribution is -0.274. The van der Waals surface area contributed by atoms with Crippen molar-refractivity contribution in [2.45, 2.75) is 64.5 Å². The van der Waals surface area contributed by atoms with Crippen LogP contribution in [0, 0.1) is 0 Å². The maximum atomic E-state index is 13.1. The average Bonchev–Trinajstić information content (AvgIpc) is 3.03. The zero-order valence-electron chi connectivity index (χ0n) is 25.5. The number of alkyl halides is 3. The second-order valence-electron chi connectivity index (χ2n) is 11.0. The molecule has 0 aromatic heterocycles. The summed E-state index contributed by atoms with van der Waals surface area (Å²) in [7, 11) is 0. The molecule has 1 aliphatic rings. The van der Waals surface area contributed by atoms with Crippen molar-refractivity contribution < 1.29 is 32.2 Å². The molecule has 0 atom stereocenters. The Bertz CT molecular complexity index is 1350. The predicted octanol–water partition coefficient (Wildman–Crippen LogP) is 7.38. The van der Waals surface area contributed by atoms with Crippen LogP contribution in [0.4, 0.5) is 23.7 Å². The number of nitrogens with one attached hydrogen (secondary N) is 2. The molecule has 8 nitrogen and oxygen atoms in total. The first-order chi connectivity index (χ1) is 21.7. The van der Waals surface area contributed by atoms with Gasteiger partial charge in [-0.2, -0.15) is 0 Å². The summed E-state index contributed by atoms with van der Waals surface area (Å²) < 4.78 is 47.0. The van der Waals surface area contributed by atoms with E-state index in [4.69, 9.17) is 4.74 Å². The number of carbonyl (C=O) groups is 2. The fourth-order valence-corrected chi connectivity index (χ4v) is 5.20. The third-order valence-electron chi connectivity index (χ3n) is 7.62. The molecular formula is C34H41F3N4O4. The molecule has 45 heavy (non-hydrogen) atoms. The van der Waals surface area contributed by atoms with Crippen molar-refractivity contribution in [2.75, 3.05) is 31.5 Å². The minimum atomic E-state index is -4.74. The van der Waals surface area contributed by atoms with E-state index in [2.05, 4.69) is 27.3 Å². The van der Waals surface area contributed by atoms with Gasteiger partial charge >= 0.3 is 12.5 Å². The smallest absolute Gasteiger partial charge is 0.446 e. The number of hydrogen-bond acceptors (Lipinski definition) is 6. The van der Waals surface area contributed by atoms with Crippen molar-refractivity contribution in [1.29, 1.82) is 0 Å². The van der Waals surface area contributed by atoms with E-state index < -0.39 is 12.5 Å². The standard InChI is InChI=1S/C34H41F3N4O4/c1-2-3-9-21-41(38-25-26-14-16-29(17-15-26)45-34(35,36)37)32(42)20-24-40-22-18-28(19-23-40)44-33(43)39-31-13-8-7-12-30(31)27-10-5-4-6-11-27/h4-8,10-17,28,38H,2-3,9,18-25H2,1H3,(H,39,43). The normalized spacial score (nSPS) is 14.1. The molecule has 3 aromatic rings. The van der Waals surface area contributed by atoms with Crippen LogP contribution in [-0.2, 0) is 16.1 Å². The Hall–Kier alpha value is -4.09. The molecule has 1 aliphatic heterocycles. The Morgan fingerprint density at radius 1 is 0.933 bits per heavy atom. The number of nitrogens with zero attached hydrogens (tertiary/aromatic N) is 2. The molecule has 2 N–H and O–H groups in total. The molecule has 2 amide bonds. The number of amides is 2. The van der Waals surface area contributed by atoms with Gasteiger partial charge in [0.25, 0.3) is 0 Å². The quantitative estimate of drug-likeness (QED) is 0.144. The SMILES string of the molecule is CCCCCN(NCc1ccc(OC(F)(F)F)cc1)C(=O)CCN1CCC(OC(=O)Nc2ccccc2-c2ccccc2)CC1.